The van der Waals surface area contributed by atoms with Gasteiger partial charge in [-0.3, -0.25) is 0 Å². The monoisotopic (exact) mass is 934 g/mol. The first-order chi connectivity index (χ1) is 32.2. The van der Waals surface area contributed by atoms with Gasteiger partial charge >= 0.3 is 24.7 Å². The number of hydrogen-bond acceptors (Lipinski definition) is 2. The molecule has 0 spiro atoms. The molecule has 0 aliphatic rings. The fourth-order valence-electron chi connectivity index (χ4n) is 8.74. The molecule has 4 nitrogen and oxygen atoms in total. The zero-order valence-electron chi connectivity index (χ0n) is 34.3. The minimum absolute atomic E-state index is 0.0172. The molecule has 7 aromatic carbocycles. The summed E-state index contributed by atoms with van der Waals surface area (Å²) in [6.07, 6.45) is -19.7. The summed E-state index contributed by atoms with van der Waals surface area (Å²) in [5, 5.41) is 9.93. The maximum atomic E-state index is 14.3. The zero-order valence-corrected chi connectivity index (χ0v) is 34.3. The lowest BCUT2D eigenvalue weighted by atomic mass is 9.95. The van der Waals surface area contributed by atoms with Gasteiger partial charge in [0, 0.05) is 38.2 Å². The highest BCUT2D eigenvalue weighted by Gasteiger charge is 2.36. The van der Waals surface area contributed by atoms with E-state index >= 15 is 0 Å². The summed E-state index contributed by atoms with van der Waals surface area (Å²) in [4.78, 5) is 4.90. The Labute approximate surface area is 376 Å². The summed E-state index contributed by atoms with van der Waals surface area (Å²) < 4.78 is 174. The molecule has 16 heteroatoms. The molecule has 3 heterocycles. The number of hydrogen-bond donors (Lipinski definition) is 0. The maximum absolute atomic E-state index is 14.3. The fraction of sp³-hybridized carbons (Fsp3) is 0.0769. The Balaban J connectivity index is 1.38. The highest BCUT2D eigenvalue weighted by atomic mass is 19.4. The van der Waals surface area contributed by atoms with Crippen LogP contribution in [0, 0.1) is 11.3 Å². The van der Waals surface area contributed by atoms with Gasteiger partial charge in [-0.15, -0.1) is 0 Å². The molecule has 0 amide bonds. The number of benzene rings is 7. The van der Waals surface area contributed by atoms with Crippen molar-refractivity contribution in [3.63, 3.8) is 0 Å². The van der Waals surface area contributed by atoms with Gasteiger partial charge in [0.15, 0.2) is 0 Å². The van der Waals surface area contributed by atoms with Crippen molar-refractivity contribution in [2.24, 2.45) is 0 Å². The first kappa shape index (κ1) is 43.8. The van der Waals surface area contributed by atoms with Crippen molar-refractivity contribution in [3.05, 3.63) is 186 Å². The minimum Gasteiger partial charge on any atom is -0.307 e. The maximum Gasteiger partial charge on any atom is 0.416 e. The lowest BCUT2D eigenvalue weighted by molar-refractivity contribution is -0.138. The normalized spacial score (nSPS) is 12.7. The number of nitriles is 1. The third-order valence-electron chi connectivity index (χ3n) is 11.8. The van der Waals surface area contributed by atoms with Crippen LogP contribution in [0.3, 0.4) is 0 Å². The van der Waals surface area contributed by atoms with Crippen molar-refractivity contribution >= 4 is 43.6 Å². The van der Waals surface area contributed by atoms with Gasteiger partial charge in [-0.05, 0) is 103 Å². The molecular formula is C52H26F12N4. The average Bonchev–Trinajstić information content (AvgIpc) is 3.81. The average molecular weight is 935 g/mol. The van der Waals surface area contributed by atoms with E-state index in [9.17, 15) is 57.9 Å². The summed E-state index contributed by atoms with van der Waals surface area (Å²) >= 11 is 0. The SMILES string of the molecule is N#Cc1cc(-n2c3ccc(C(F)(F)F)cc3c3cc(C(F)(F)F)ccc32)c(-n2c3ccc(C(F)(F)F)cc3c3cc(C(F)(F)F)ccc32)cc1-c1cc(-c2ccccc2)nc(-c2ccccc2)c1. The summed E-state index contributed by atoms with van der Waals surface area (Å²) in [5.74, 6) is 0. The molecule has 0 saturated heterocycles. The van der Waals surface area contributed by atoms with E-state index in [1.807, 2.05) is 0 Å². The van der Waals surface area contributed by atoms with Crippen LogP contribution in [-0.2, 0) is 24.7 Å². The molecule has 338 valence electrons. The van der Waals surface area contributed by atoms with Crippen molar-refractivity contribution in [2.75, 3.05) is 0 Å². The van der Waals surface area contributed by atoms with Crippen molar-refractivity contribution < 1.29 is 52.7 Å². The highest BCUT2D eigenvalue weighted by molar-refractivity contribution is 6.12. The zero-order chi connectivity index (χ0) is 48.1. The first-order valence-corrected chi connectivity index (χ1v) is 20.4. The van der Waals surface area contributed by atoms with E-state index in [1.54, 1.807) is 72.8 Å². The van der Waals surface area contributed by atoms with Gasteiger partial charge < -0.3 is 9.13 Å². The molecule has 3 aromatic heterocycles. The largest absolute Gasteiger partial charge is 0.416 e. The van der Waals surface area contributed by atoms with E-state index in [4.69, 9.17) is 4.98 Å². The van der Waals surface area contributed by atoms with Gasteiger partial charge in [-0.1, -0.05) is 60.7 Å². The van der Waals surface area contributed by atoms with Crippen molar-refractivity contribution in [3.8, 4) is 51.1 Å². The second-order valence-corrected chi connectivity index (χ2v) is 15.9. The molecule has 68 heavy (non-hydrogen) atoms. The highest BCUT2D eigenvalue weighted by Crippen LogP contribution is 2.46. The van der Waals surface area contributed by atoms with Crippen LogP contribution < -0.4 is 0 Å². The van der Waals surface area contributed by atoms with Crippen LogP contribution in [0.25, 0.3) is 88.6 Å². The molecule has 10 aromatic rings. The predicted octanol–water partition coefficient (Wildman–Crippen LogP) is 16.2. The van der Waals surface area contributed by atoms with Crippen LogP contribution >= 0.6 is 0 Å². The number of alkyl halides is 12. The number of aromatic nitrogens is 3. The van der Waals surface area contributed by atoms with Crippen LogP contribution in [-0.4, -0.2) is 14.1 Å². The van der Waals surface area contributed by atoms with Gasteiger partial charge in [-0.25, -0.2) is 4.98 Å². The topological polar surface area (TPSA) is 46.5 Å². The minimum atomic E-state index is -4.93. The number of halogens is 12. The van der Waals surface area contributed by atoms with E-state index in [1.165, 1.54) is 21.3 Å². The van der Waals surface area contributed by atoms with Crippen molar-refractivity contribution in [1.29, 1.82) is 5.26 Å². The number of nitrogens with zero attached hydrogens (tertiary/aromatic N) is 4. The lowest BCUT2D eigenvalue weighted by Crippen LogP contribution is -2.07. The molecule has 10 rings (SSSR count). The quantitative estimate of drug-likeness (QED) is 0.161. The summed E-state index contributed by atoms with van der Waals surface area (Å²) in [5.41, 5.74) is -2.26. The number of pyridine rings is 1. The third kappa shape index (κ3) is 7.53. The molecule has 0 aliphatic carbocycles. The summed E-state index contributed by atoms with van der Waals surface area (Å²) in [7, 11) is 0. The van der Waals surface area contributed by atoms with Crippen LogP contribution in [0.1, 0.15) is 27.8 Å². The molecule has 0 radical (unpaired) electrons. The molecule has 0 aliphatic heterocycles. The van der Waals surface area contributed by atoms with E-state index < -0.39 is 47.0 Å². The Bertz CT molecular complexity index is 3480. The van der Waals surface area contributed by atoms with Crippen LogP contribution in [0.15, 0.2) is 158 Å². The van der Waals surface area contributed by atoms with E-state index in [0.717, 1.165) is 48.5 Å². The molecule has 0 unspecified atom stereocenters. The third-order valence-corrected chi connectivity index (χ3v) is 11.8. The Morgan fingerprint density at radius 3 is 1.00 bits per heavy atom. The Morgan fingerprint density at radius 1 is 0.368 bits per heavy atom. The van der Waals surface area contributed by atoms with E-state index in [0.29, 0.717) is 52.3 Å². The fourth-order valence-corrected chi connectivity index (χ4v) is 8.74. The Kier molecular flexibility index (Phi) is 9.99. The van der Waals surface area contributed by atoms with Crippen LogP contribution in [0.4, 0.5) is 52.7 Å². The second-order valence-electron chi connectivity index (χ2n) is 15.9. The lowest BCUT2D eigenvalue weighted by Gasteiger charge is -2.20. The van der Waals surface area contributed by atoms with E-state index in [-0.39, 0.29) is 66.1 Å². The number of fused-ring (bicyclic) bond motifs is 6. The molecular weight excluding hydrogens is 909 g/mol. The van der Waals surface area contributed by atoms with Crippen molar-refractivity contribution in [2.45, 2.75) is 24.7 Å². The molecule has 0 atom stereocenters. The molecule has 0 saturated carbocycles. The van der Waals surface area contributed by atoms with Gasteiger partial charge in [-0.2, -0.15) is 57.9 Å². The van der Waals surface area contributed by atoms with Gasteiger partial charge in [0.25, 0.3) is 0 Å². The van der Waals surface area contributed by atoms with Gasteiger partial charge in [0.2, 0.25) is 0 Å². The second kappa shape index (κ2) is 15.5. The smallest absolute Gasteiger partial charge is 0.307 e. The van der Waals surface area contributed by atoms with Gasteiger partial charge in [0.1, 0.15) is 0 Å². The molecule has 0 fully saturated rings. The van der Waals surface area contributed by atoms with Crippen molar-refractivity contribution in [1.82, 2.24) is 14.1 Å². The van der Waals surface area contributed by atoms with E-state index in [2.05, 4.69) is 6.07 Å². The van der Waals surface area contributed by atoms with Crippen LogP contribution in [0.2, 0.25) is 0 Å². The molecule has 0 N–H and O–H groups in total. The Morgan fingerprint density at radius 2 is 0.691 bits per heavy atom. The summed E-state index contributed by atoms with van der Waals surface area (Å²) in [6.45, 7) is 0. The van der Waals surface area contributed by atoms with Gasteiger partial charge in [0.05, 0.1) is 78.7 Å². The summed E-state index contributed by atoms with van der Waals surface area (Å²) in [6, 6.07) is 36.3. The molecule has 0 bridgehead atoms. The predicted molar refractivity (Wildman–Crippen MR) is 234 cm³/mol. The first-order valence-electron chi connectivity index (χ1n) is 20.4. The van der Waals surface area contributed by atoms with Crippen LogP contribution in [0.5, 0.6) is 0 Å². The standard InChI is InChI=1S/C52H26F12N4/c53-49(54,55)32-11-15-43-37(22-32)38-23-33(50(56,57)58)12-16-44(38)67(43)47-21-31(27-65)36(30-19-41(28-7-3-1-4-8-28)66-42(20-30)29-9-5-2-6-10-29)26-48(47)68-45-17-13-34(51(59,60)61)24-39(45)40-25-35(52(62,63)64)14-18-46(40)68/h1-26H. The number of rotatable bonds is 5. The Hall–Kier alpha value is -8.06.